The summed E-state index contributed by atoms with van der Waals surface area (Å²) in [6.45, 7) is 2.72. The van der Waals surface area contributed by atoms with Gasteiger partial charge in [0.2, 0.25) is 15.9 Å². The first-order valence-corrected chi connectivity index (χ1v) is 9.51. The Morgan fingerprint density at radius 2 is 2.00 bits per heavy atom. The maximum Gasteiger partial charge on any atom is 0.223 e. The van der Waals surface area contributed by atoms with Crippen LogP contribution in [0.3, 0.4) is 0 Å². The molecule has 7 heteroatoms. The summed E-state index contributed by atoms with van der Waals surface area (Å²) in [5.41, 5.74) is 0.953. The standard InChI is InChI=1S/C15H21ClN2O3S/c1-11(13-4-3-5-14(16)10-13)17-15(19)12-6-8-18(9-7-12)22(2,20)21/h3-5,10-12H,6-9H2,1-2H3,(H,17,19)/t11-/m1/s1. The van der Waals surface area contributed by atoms with Gasteiger partial charge in [0.25, 0.3) is 0 Å². The highest BCUT2D eigenvalue weighted by atomic mass is 35.5. The Balaban J connectivity index is 1.91. The van der Waals surface area contributed by atoms with Crippen molar-refractivity contribution in [3.05, 3.63) is 34.9 Å². The topological polar surface area (TPSA) is 66.5 Å². The Morgan fingerprint density at radius 3 is 2.55 bits per heavy atom. The maximum absolute atomic E-state index is 12.3. The molecule has 2 rings (SSSR count). The van der Waals surface area contributed by atoms with Gasteiger partial charge in [0.1, 0.15) is 0 Å². The Kier molecular flexibility index (Phi) is 5.47. The van der Waals surface area contributed by atoms with Crippen molar-refractivity contribution in [3.8, 4) is 0 Å². The second-order valence-corrected chi connectivity index (χ2v) is 8.14. The van der Waals surface area contributed by atoms with E-state index in [0.29, 0.717) is 31.0 Å². The molecule has 1 N–H and O–H groups in total. The third-order valence-electron chi connectivity index (χ3n) is 4.00. The van der Waals surface area contributed by atoms with Crippen LogP contribution in [0.4, 0.5) is 0 Å². The van der Waals surface area contributed by atoms with Crippen molar-refractivity contribution in [2.75, 3.05) is 19.3 Å². The number of carbonyl (C=O) groups excluding carboxylic acids is 1. The first-order chi connectivity index (χ1) is 10.3. The van der Waals surface area contributed by atoms with E-state index in [4.69, 9.17) is 11.6 Å². The fourth-order valence-electron chi connectivity index (χ4n) is 2.64. The average molecular weight is 345 g/mol. The normalized spacial score (nSPS) is 18.9. The summed E-state index contributed by atoms with van der Waals surface area (Å²) >= 11 is 5.96. The molecular weight excluding hydrogens is 324 g/mol. The number of piperidine rings is 1. The number of benzene rings is 1. The highest BCUT2D eigenvalue weighted by molar-refractivity contribution is 7.88. The van der Waals surface area contributed by atoms with Gasteiger partial charge in [-0.25, -0.2) is 12.7 Å². The molecule has 22 heavy (non-hydrogen) atoms. The third kappa shape index (κ3) is 4.44. The van der Waals surface area contributed by atoms with Crippen LogP contribution in [0, 0.1) is 5.92 Å². The Bertz CT molecular complexity index is 640. The second kappa shape index (κ2) is 6.98. The van der Waals surface area contributed by atoms with E-state index in [1.807, 2.05) is 25.1 Å². The lowest BCUT2D eigenvalue weighted by Crippen LogP contribution is -2.43. The lowest BCUT2D eigenvalue weighted by molar-refractivity contribution is -0.126. The Hall–Kier alpha value is -1.11. The quantitative estimate of drug-likeness (QED) is 0.910. The molecule has 1 aromatic rings. The molecule has 0 spiro atoms. The van der Waals surface area contributed by atoms with Crippen LogP contribution in [-0.2, 0) is 14.8 Å². The van der Waals surface area contributed by atoms with Gasteiger partial charge in [0.15, 0.2) is 0 Å². The molecule has 0 aromatic heterocycles. The van der Waals surface area contributed by atoms with Crippen molar-refractivity contribution in [1.82, 2.24) is 9.62 Å². The highest BCUT2D eigenvalue weighted by Gasteiger charge is 2.29. The van der Waals surface area contributed by atoms with E-state index in [9.17, 15) is 13.2 Å². The molecule has 1 amide bonds. The van der Waals surface area contributed by atoms with Gasteiger partial charge in [-0.05, 0) is 37.5 Å². The number of hydrogen-bond acceptors (Lipinski definition) is 3. The summed E-state index contributed by atoms with van der Waals surface area (Å²) in [6.07, 6.45) is 2.32. The molecule has 1 fully saturated rings. The van der Waals surface area contributed by atoms with E-state index in [-0.39, 0.29) is 17.9 Å². The van der Waals surface area contributed by atoms with Crippen LogP contribution < -0.4 is 5.32 Å². The van der Waals surface area contributed by atoms with Gasteiger partial charge in [-0.1, -0.05) is 23.7 Å². The van der Waals surface area contributed by atoms with Crippen molar-refractivity contribution in [1.29, 1.82) is 0 Å². The Morgan fingerprint density at radius 1 is 1.36 bits per heavy atom. The van der Waals surface area contributed by atoms with E-state index < -0.39 is 10.0 Å². The van der Waals surface area contributed by atoms with Gasteiger partial charge in [0, 0.05) is 24.0 Å². The van der Waals surface area contributed by atoms with E-state index in [0.717, 1.165) is 5.56 Å². The van der Waals surface area contributed by atoms with Gasteiger partial charge in [0.05, 0.1) is 12.3 Å². The molecule has 1 aromatic carbocycles. The molecule has 1 aliphatic heterocycles. The van der Waals surface area contributed by atoms with Crippen molar-refractivity contribution < 1.29 is 13.2 Å². The van der Waals surface area contributed by atoms with Gasteiger partial charge in [-0.2, -0.15) is 0 Å². The smallest absolute Gasteiger partial charge is 0.223 e. The minimum atomic E-state index is -3.16. The minimum absolute atomic E-state index is 0.0272. The molecule has 1 heterocycles. The number of sulfonamides is 1. The van der Waals surface area contributed by atoms with Crippen LogP contribution in [0.15, 0.2) is 24.3 Å². The first-order valence-electron chi connectivity index (χ1n) is 7.28. The minimum Gasteiger partial charge on any atom is -0.349 e. The van der Waals surface area contributed by atoms with Crippen molar-refractivity contribution in [2.45, 2.75) is 25.8 Å². The predicted octanol–water partition coefficient (Wildman–Crippen LogP) is 2.19. The Labute approximate surface area is 136 Å². The summed E-state index contributed by atoms with van der Waals surface area (Å²) in [6, 6.07) is 7.27. The fraction of sp³-hybridized carbons (Fsp3) is 0.533. The van der Waals surface area contributed by atoms with Crippen LogP contribution in [-0.4, -0.2) is 38.0 Å². The summed E-state index contributed by atoms with van der Waals surface area (Å²) in [5.74, 6) is -0.166. The molecule has 0 unspecified atom stereocenters. The van der Waals surface area contributed by atoms with E-state index in [1.165, 1.54) is 10.6 Å². The molecule has 1 aliphatic rings. The molecule has 0 saturated carbocycles. The molecule has 122 valence electrons. The molecular formula is C15H21ClN2O3S. The number of amides is 1. The maximum atomic E-state index is 12.3. The van der Waals surface area contributed by atoms with Crippen LogP contribution in [0.25, 0.3) is 0 Å². The van der Waals surface area contributed by atoms with Crippen molar-refractivity contribution in [3.63, 3.8) is 0 Å². The summed E-state index contributed by atoms with van der Waals surface area (Å²) < 4.78 is 24.4. The number of nitrogens with zero attached hydrogens (tertiary/aromatic N) is 1. The molecule has 0 radical (unpaired) electrons. The lowest BCUT2D eigenvalue weighted by Gasteiger charge is -2.30. The summed E-state index contributed by atoms with van der Waals surface area (Å²) in [7, 11) is -3.16. The summed E-state index contributed by atoms with van der Waals surface area (Å²) in [4.78, 5) is 12.3. The van der Waals surface area contributed by atoms with E-state index in [1.54, 1.807) is 6.07 Å². The largest absolute Gasteiger partial charge is 0.349 e. The molecule has 5 nitrogen and oxygen atoms in total. The van der Waals surface area contributed by atoms with Gasteiger partial charge in [-0.15, -0.1) is 0 Å². The SMILES string of the molecule is C[C@@H](NC(=O)C1CCN(S(C)(=O)=O)CC1)c1cccc(Cl)c1. The van der Waals surface area contributed by atoms with Gasteiger partial charge in [-0.3, -0.25) is 4.79 Å². The van der Waals surface area contributed by atoms with Crippen molar-refractivity contribution in [2.24, 2.45) is 5.92 Å². The van der Waals surface area contributed by atoms with Crippen LogP contribution in [0.2, 0.25) is 5.02 Å². The number of carbonyl (C=O) groups is 1. The van der Waals surface area contributed by atoms with Crippen molar-refractivity contribution >= 4 is 27.5 Å². The van der Waals surface area contributed by atoms with Crippen LogP contribution in [0.1, 0.15) is 31.4 Å². The first kappa shape index (κ1) is 17.2. The summed E-state index contributed by atoms with van der Waals surface area (Å²) in [5, 5.41) is 3.62. The van der Waals surface area contributed by atoms with E-state index >= 15 is 0 Å². The molecule has 0 bridgehead atoms. The van der Waals surface area contributed by atoms with Gasteiger partial charge >= 0.3 is 0 Å². The molecule has 0 aliphatic carbocycles. The average Bonchev–Trinajstić information content (AvgIpc) is 2.46. The number of hydrogen-bond donors (Lipinski definition) is 1. The number of nitrogens with one attached hydrogen (secondary N) is 1. The molecule has 1 saturated heterocycles. The van der Waals surface area contributed by atoms with Crippen LogP contribution >= 0.6 is 11.6 Å². The van der Waals surface area contributed by atoms with E-state index in [2.05, 4.69) is 5.32 Å². The molecule has 1 atom stereocenters. The predicted molar refractivity (Wildman–Crippen MR) is 87.2 cm³/mol. The fourth-order valence-corrected chi connectivity index (χ4v) is 3.71. The highest BCUT2D eigenvalue weighted by Crippen LogP contribution is 2.22. The van der Waals surface area contributed by atoms with Crippen LogP contribution in [0.5, 0.6) is 0 Å². The monoisotopic (exact) mass is 344 g/mol. The second-order valence-electron chi connectivity index (χ2n) is 5.72. The number of rotatable bonds is 4. The number of halogens is 1. The van der Waals surface area contributed by atoms with Gasteiger partial charge < -0.3 is 5.32 Å². The third-order valence-corrected chi connectivity index (χ3v) is 5.54. The zero-order valence-electron chi connectivity index (χ0n) is 12.8. The zero-order chi connectivity index (χ0) is 16.3. The zero-order valence-corrected chi connectivity index (χ0v) is 14.3. The lowest BCUT2D eigenvalue weighted by atomic mass is 9.96.